The molecule has 0 heterocycles. The highest BCUT2D eigenvalue weighted by molar-refractivity contribution is 7.88. The summed E-state index contributed by atoms with van der Waals surface area (Å²) in [5.41, 5.74) is 1.58. The Kier molecular flexibility index (Phi) is 6.06. The number of sulfonamides is 1. The zero-order chi connectivity index (χ0) is 17.0. The van der Waals surface area contributed by atoms with Gasteiger partial charge in [-0.15, -0.1) is 0 Å². The Morgan fingerprint density at radius 2 is 2.00 bits per heavy atom. The summed E-state index contributed by atoms with van der Waals surface area (Å²) in [6.45, 7) is 2.10. The third-order valence-electron chi connectivity index (χ3n) is 4.19. The van der Waals surface area contributed by atoms with Gasteiger partial charge in [-0.25, -0.2) is 8.42 Å². The summed E-state index contributed by atoms with van der Waals surface area (Å²) in [5.74, 6) is -0.206. The highest BCUT2D eigenvalue weighted by Crippen LogP contribution is 2.26. The molecule has 0 saturated heterocycles. The largest absolute Gasteiger partial charge is 0.326 e. The van der Waals surface area contributed by atoms with Gasteiger partial charge in [0.15, 0.2) is 0 Å². The van der Waals surface area contributed by atoms with Crippen LogP contribution in [0.15, 0.2) is 18.2 Å². The second-order valence-corrected chi connectivity index (χ2v) is 8.44. The molecule has 1 aromatic carbocycles. The molecule has 1 amide bonds. The van der Waals surface area contributed by atoms with Gasteiger partial charge in [0.2, 0.25) is 15.9 Å². The Balaban J connectivity index is 1.97. The Hall–Kier alpha value is -1.11. The van der Waals surface area contributed by atoms with Gasteiger partial charge < -0.3 is 5.32 Å². The number of nitrogens with zero attached hydrogens (tertiary/aromatic N) is 1. The van der Waals surface area contributed by atoms with Crippen LogP contribution in [-0.2, 0) is 14.8 Å². The van der Waals surface area contributed by atoms with Crippen LogP contribution in [0.25, 0.3) is 0 Å². The van der Waals surface area contributed by atoms with E-state index in [2.05, 4.69) is 5.32 Å². The Bertz CT molecular complexity index is 670. The molecule has 0 aromatic heterocycles. The molecule has 1 aromatic rings. The predicted octanol–water partition coefficient (Wildman–Crippen LogP) is 3.18. The van der Waals surface area contributed by atoms with Gasteiger partial charge in [-0.2, -0.15) is 4.31 Å². The average Bonchev–Trinajstić information content (AvgIpc) is 2.95. The van der Waals surface area contributed by atoms with E-state index in [0.717, 1.165) is 31.2 Å². The Labute approximate surface area is 143 Å². The first kappa shape index (κ1) is 18.2. The summed E-state index contributed by atoms with van der Waals surface area (Å²) < 4.78 is 25.4. The van der Waals surface area contributed by atoms with Crippen LogP contribution < -0.4 is 5.32 Å². The SMILES string of the molecule is Cc1ccc(Cl)cc1NC(=O)CCN(C1CCCC1)S(C)(=O)=O. The molecule has 0 bridgehead atoms. The molecule has 2 rings (SSSR count). The van der Waals surface area contributed by atoms with Crippen molar-refractivity contribution in [2.24, 2.45) is 0 Å². The fourth-order valence-electron chi connectivity index (χ4n) is 2.96. The van der Waals surface area contributed by atoms with Gasteiger partial charge in [0.1, 0.15) is 0 Å². The topological polar surface area (TPSA) is 66.5 Å². The lowest BCUT2D eigenvalue weighted by Crippen LogP contribution is -2.39. The van der Waals surface area contributed by atoms with Crippen LogP contribution in [0.1, 0.15) is 37.7 Å². The number of aryl methyl sites for hydroxylation is 1. The maximum atomic E-state index is 12.1. The van der Waals surface area contributed by atoms with Crippen LogP contribution in [0.4, 0.5) is 5.69 Å². The van der Waals surface area contributed by atoms with Crippen molar-refractivity contribution in [3.63, 3.8) is 0 Å². The molecular formula is C16H23ClN2O3S. The molecule has 0 aliphatic heterocycles. The molecule has 5 nitrogen and oxygen atoms in total. The maximum absolute atomic E-state index is 12.1. The molecule has 23 heavy (non-hydrogen) atoms. The molecule has 1 aliphatic rings. The number of carbonyl (C=O) groups is 1. The Morgan fingerprint density at radius 1 is 1.35 bits per heavy atom. The summed E-state index contributed by atoms with van der Waals surface area (Å²) in [4.78, 5) is 12.1. The number of hydrogen-bond donors (Lipinski definition) is 1. The third-order valence-corrected chi connectivity index (χ3v) is 5.76. The number of carbonyl (C=O) groups excluding carboxylic acids is 1. The molecule has 1 saturated carbocycles. The van der Waals surface area contributed by atoms with Crippen molar-refractivity contribution in [1.29, 1.82) is 0 Å². The maximum Gasteiger partial charge on any atom is 0.225 e. The normalized spacial score (nSPS) is 16.0. The van der Waals surface area contributed by atoms with Gasteiger partial charge in [-0.05, 0) is 37.5 Å². The molecule has 1 N–H and O–H groups in total. The van der Waals surface area contributed by atoms with Crippen molar-refractivity contribution in [1.82, 2.24) is 4.31 Å². The van der Waals surface area contributed by atoms with Gasteiger partial charge in [0.05, 0.1) is 6.26 Å². The van der Waals surface area contributed by atoms with E-state index in [1.807, 2.05) is 13.0 Å². The van der Waals surface area contributed by atoms with Crippen LogP contribution in [0.5, 0.6) is 0 Å². The molecule has 1 aliphatic carbocycles. The van der Waals surface area contributed by atoms with Gasteiger partial charge in [0, 0.05) is 29.7 Å². The number of rotatable bonds is 6. The van der Waals surface area contributed by atoms with Gasteiger partial charge >= 0.3 is 0 Å². The van der Waals surface area contributed by atoms with Crippen LogP contribution in [0.2, 0.25) is 5.02 Å². The van der Waals surface area contributed by atoms with Crippen LogP contribution in [0, 0.1) is 6.92 Å². The third kappa shape index (κ3) is 5.19. The van der Waals surface area contributed by atoms with Crippen LogP contribution in [0.3, 0.4) is 0 Å². The second-order valence-electron chi connectivity index (χ2n) is 6.07. The number of hydrogen-bond acceptors (Lipinski definition) is 3. The van der Waals surface area contributed by atoms with Gasteiger partial charge in [0.25, 0.3) is 0 Å². The van der Waals surface area contributed by atoms with E-state index in [4.69, 9.17) is 11.6 Å². The van der Waals surface area contributed by atoms with Gasteiger partial charge in [-0.1, -0.05) is 30.5 Å². The predicted molar refractivity (Wildman–Crippen MR) is 93.2 cm³/mol. The van der Waals surface area contributed by atoms with Crippen LogP contribution >= 0.6 is 11.6 Å². The molecule has 0 spiro atoms. The molecule has 128 valence electrons. The minimum atomic E-state index is -3.30. The number of halogens is 1. The lowest BCUT2D eigenvalue weighted by Gasteiger charge is -2.26. The van der Waals surface area contributed by atoms with Gasteiger partial charge in [-0.3, -0.25) is 4.79 Å². The average molecular weight is 359 g/mol. The van der Waals surface area contributed by atoms with E-state index in [1.54, 1.807) is 12.1 Å². The van der Waals surface area contributed by atoms with E-state index in [9.17, 15) is 13.2 Å². The zero-order valence-corrected chi connectivity index (χ0v) is 15.1. The van der Waals surface area contributed by atoms with Crippen molar-refractivity contribution in [3.8, 4) is 0 Å². The lowest BCUT2D eigenvalue weighted by atomic mass is 10.2. The van der Waals surface area contributed by atoms with E-state index in [1.165, 1.54) is 10.6 Å². The summed E-state index contributed by atoms with van der Waals surface area (Å²) in [7, 11) is -3.30. The van der Waals surface area contributed by atoms with E-state index in [0.29, 0.717) is 10.7 Å². The minimum absolute atomic E-state index is 0.0331. The first-order valence-corrected chi connectivity index (χ1v) is 10.0. The molecule has 0 atom stereocenters. The molecular weight excluding hydrogens is 336 g/mol. The highest BCUT2D eigenvalue weighted by Gasteiger charge is 2.29. The van der Waals surface area contributed by atoms with Crippen molar-refractivity contribution >= 4 is 33.2 Å². The minimum Gasteiger partial charge on any atom is -0.326 e. The fourth-order valence-corrected chi connectivity index (χ4v) is 4.31. The molecule has 0 unspecified atom stereocenters. The second kappa shape index (κ2) is 7.64. The number of benzene rings is 1. The summed E-state index contributed by atoms with van der Waals surface area (Å²) >= 11 is 5.93. The fraction of sp³-hybridized carbons (Fsp3) is 0.562. The standard InChI is InChI=1S/C16H23ClN2O3S/c1-12-7-8-13(17)11-15(12)18-16(20)9-10-19(23(2,21)22)14-5-3-4-6-14/h7-8,11,14H,3-6,9-10H2,1-2H3,(H,18,20). The molecule has 7 heteroatoms. The van der Waals surface area contributed by atoms with E-state index in [-0.39, 0.29) is 24.9 Å². The first-order valence-electron chi connectivity index (χ1n) is 7.80. The number of anilines is 1. The zero-order valence-electron chi connectivity index (χ0n) is 13.5. The monoisotopic (exact) mass is 358 g/mol. The summed E-state index contributed by atoms with van der Waals surface area (Å²) in [5, 5.41) is 3.35. The van der Waals surface area contributed by atoms with Crippen molar-refractivity contribution in [3.05, 3.63) is 28.8 Å². The Morgan fingerprint density at radius 3 is 2.61 bits per heavy atom. The van der Waals surface area contributed by atoms with Crippen molar-refractivity contribution in [2.45, 2.75) is 45.1 Å². The number of amides is 1. The van der Waals surface area contributed by atoms with Crippen molar-refractivity contribution < 1.29 is 13.2 Å². The lowest BCUT2D eigenvalue weighted by molar-refractivity contribution is -0.116. The van der Waals surface area contributed by atoms with E-state index < -0.39 is 10.0 Å². The smallest absolute Gasteiger partial charge is 0.225 e. The van der Waals surface area contributed by atoms with Crippen molar-refractivity contribution in [2.75, 3.05) is 18.1 Å². The molecule has 1 fully saturated rings. The van der Waals surface area contributed by atoms with E-state index >= 15 is 0 Å². The summed E-state index contributed by atoms with van der Waals surface area (Å²) in [6, 6.07) is 5.32. The highest BCUT2D eigenvalue weighted by atomic mass is 35.5. The first-order chi connectivity index (χ1) is 10.8. The van der Waals surface area contributed by atoms with Crippen LogP contribution in [-0.4, -0.2) is 37.5 Å². The quantitative estimate of drug-likeness (QED) is 0.849. The summed E-state index contributed by atoms with van der Waals surface area (Å²) in [6.07, 6.45) is 5.19. The molecule has 0 radical (unpaired) electrons. The number of nitrogens with one attached hydrogen (secondary N) is 1.